The Morgan fingerprint density at radius 2 is 2.21 bits per heavy atom. The number of thiophene rings is 1. The number of piperidine rings is 1. The molecule has 106 valence electrons. The largest absolute Gasteiger partial charge is 0.348 e. The number of hydrogen-bond acceptors (Lipinski definition) is 3. The number of hydrogen-bond donors (Lipinski definition) is 2. The Hall–Kier alpha value is -0.580. The third-order valence-electron chi connectivity index (χ3n) is 4.00. The zero-order valence-electron chi connectivity index (χ0n) is 11.0. The molecule has 1 amide bonds. The van der Waals surface area contributed by atoms with Gasteiger partial charge in [0.1, 0.15) is 0 Å². The normalized spacial score (nSPS) is 26.1. The highest BCUT2D eigenvalue weighted by Gasteiger charge is 2.26. The van der Waals surface area contributed by atoms with Gasteiger partial charge in [-0.1, -0.05) is 6.42 Å². The molecule has 1 aromatic heterocycles. The fraction of sp³-hybridized carbons (Fsp3) is 0.643. The Morgan fingerprint density at radius 1 is 1.32 bits per heavy atom. The van der Waals surface area contributed by atoms with Crippen LogP contribution in [0, 0.1) is 0 Å². The van der Waals surface area contributed by atoms with Crippen LogP contribution in [-0.2, 0) is 11.2 Å². The second-order valence-electron chi connectivity index (χ2n) is 5.26. The number of aryl methyl sites for hydroxylation is 1. The van der Waals surface area contributed by atoms with Crippen LogP contribution in [0.5, 0.6) is 0 Å². The quantitative estimate of drug-likeness (QED) is 0.882. The van der Waals surface area contributed by atoms with Crippen LogP contribution in [0.2, 0.25) is 0 Å². The van der Waals surface area contributed by atoms with Crippen molar-refractivity contribution in [3.8, 4) is 0 Å². The topological polar surface area (TPSA) is 41.1 Å². The number of carbonyl (C=O) groups excluding carboxylic acids is 1. The molecule has 1 aliphatic heterocycles. The zero-order chi connectivity index (χ0) is 12.4. The van der Waals surface area contributed by atoms with Crippen molar-refractivity contribution in [2.75, 3.05) is 6.54 Å². The lowest BCUT2D eigenvalue weighted by molar-refractivity contribution is -0.124. The number of amides is 1. The molecule has 5 heteroatoms. The maximum absolute atomic E-state index is 12.2. The van der Waals surface area contributed by atoms with E-state index in [0.717, 1.165) is 19.4 Å². The highest BCUT2D eigenvalue weighted by Crippen LogP contribution is 2.33. The molecule has 19 heavy (non-hydrogen) atoms. The van der Waals surface area contributed by atoms with E-state index >= 15 is 0 Å². The zero-order valence-corrected chi connectivity index (χ0v) is 12.6. The Kier molecular flexibility index (Phi) is 5.25. The summed E-state index contributed by atoms with van der Waals surface area (Å²) in [6.07, 6.45) is 6.80. The van der Waals surface area contributed by atoms with Gasteiger partial charge in [0.05, 0.1) is 12.1 Å². The molecule has 3 rings (SSSR count). The van der Waals surface area contributed by atoms with E-state index in [9.17, 15) is 4.79 Å². The molecule has 3 nitrogen and oxygen atoms in total. The lowest BCUT2D eigenvalue weighted by atomic mass is 9.93. The first-order valence-electron chi connectivity index (χ1n) is 6.94. The molecule has 0 bridgehead atoms. The van der Waals surface area contributed by atoms with Crippen molar-refractivity contribution in [3.05, 3.63) is 21.9 Å². The summed E-state index contributed by atoms with van der Waals surface area (Å²) in [6.45, 7) is 0.979. The summed E-state index contributed by atoms with van der Waals surface area (Å²) in [4.78, 5) is 13.7. The van der Waals surface area contributed by atoms with Crippen molar-refractivity contribution in [1.29, 1.82) is 0 Å². The average Bonchev–Trinajstić information content (AvgIpc) is 2.89. The van der Waals surface area contributed by atoms with Crippen LogP contribution in [0.25, 0.3) is 0 Å². The molecule has 0 spiro atoms. The molecular formula is C14H21ClN2OS. The van der Waals surface area contributed by atoms with Crippen LogP contribution in [0.15, 0.2) is 11.4 Å². The summed E-state index contributed by atoms with van der Waals surface area (Å²) in [5.74, 6) is 0.193. The van der Waals surface area contributed by atoms with Gasteiger partial charge in [-0.05, 0) is 55.7 Å². The standard InChI is InChI=1S/C14H20N2OS.ClH/c17-14(12-4-1-2-8-15-12)16-11-5-3-6-13-10(11)7-9-18-13;/h7,9,11-12,15H,1-6,8H2,(H,16,17);1H. The van der Waals surface area contributed by atoms with Crippen LogP contribution in [0.1, 0.15) is 48.6 Å². The van der Waals surface area contributed by atoms with Crippen molar-refractivity contribution in [3.63, 3.8) is 0 Å². The van der Waals surface area contributed by atoms with Gasteiger partial charge in [0, 0.05) is 4.88 Å². The highest BCUT2D eigenvalue weighted by molar-refractivity contribution is 7.10. The summed E-state index contributed by atoms with van der Waals surface area (Å²) in [7, 11) is 0. The predicted octanol–water partition coefficient (Wildman–Crippen LogP) is 2.81. The molecule has 2 atom stereocenters. The van der Waals surface area contributed by atoms with Gasteiger partial charge in [-0.15, -0.1) is 23.7 Å². The Morgan fingerprint density at radius 3 is 3.00 bits per heavy atom. The van der Waals surface area contributed by atoms with Crippen LogP contribution in [-0.4, -0.2) is 18.5 Å². The molecule has 1 aliphatic carbocycles. The van der Waals surface area contributed by atoms with Gasteiger partial charge >= 0.3 is 0 Å². The lowest BCUT2D eigenvalue weighted by Crippen LogP contribution is -2.47. The van der Waals surface area contributed by atoms with Crippen molar-refractivity contribution in [2.24, 2.45) is 0 Å². The van der Waals surface area contributed by atoms with Gasteiger partial charge in [-0.3, -0.25) is 4.79 Å². The summed E-state index contributed by atoms with van der Waals surface area (Å²) >= 11 is 1.82. The Labute approximate surface area is 124 Å². The molecule has 2 unspecified atom stereocenters. The van der Waals surface area contributed by atoms with Crippen molar-refractivity contribution < 1.29 is 4.79 Å². The van der Waals surface area contributed by atoms with Gasteiger partial charge in [0.25, 0.3) is 0 Å². The second kappa shape index (κ2) is 6.73. The Bertz CT molecular complexity index is 429. The SMILES string of the molecule is Cl.O=C(NC1CCCc2sccc21)C1CCCCN1. The van der Waals surface area contributed by atoms with E-state index in [4.69, 9.17) is 0 Å². The van der Waals surface area contributed by atoms with Crippen LogP contribution >= 0.6 is 23.7 Å². The maximum atomic E-state index is 12.2. The van der Waals surface area contributed by atoms with E-state index in [0.29, 0.717) is 0 Å². The fourth-order valence-electron chi connectivity index (χ4n) is 2.98. The Balaban J connectivity index is 0.00000133. The minimum Gasteiger partial charge on any atom is -0.348 e. The van der Waals surface area contributed by atoms with E-state index in [-0.39, 0.29) is 30.4 Å². The second-order valence-corrected chi connectivity index (χ2v) is 6.26. The highest BCUT2D eigenvalue weighted by atomic mass is 35.5. The lowest BCUT2D eigenvalue weighted by Gasteiger charge is -2.28. The third-order valence-corrected chi connectivity index (χ3v) is 4.99. The molecule has 2 heterocycles. The van der Waals surface area contributed by atoms with Crippen LogP contribution in [0.4, 0.5) is 0 Å². The molecule has 0 saturated carbocycles. The van der Waals surface area contributed by atoms with E-state index in [1.807, 2.05) is 11.3 Å². The molecule has 2 aliphatic rings. The number of fused-ring (bicyclic) bond motifs is 1. The molecule has 1 aromatic rings. The summed E-state index contributed by atoms with van der Waals surface area (Å²) in [6, 6.07) is 2.46. The third kappa shape index (κ3) is 3.30. The van der Waals surface area contributed by atoms with Crippen LogP contribution in [0.3, 0.4) is 0 Å². The molecule has 1 fully saturated rings. The average molecular weight is 301 g/mol. The number of halogens is 1. The van der Waals surface area contributed by atoms with Crippen LogP contribution < -0.4 is 10.6 Å². The van der Waals surface area contributed by atoms with Gasteiger partial charge in [0.2, 0.25) is 5.91 Å². The number of carbonyl (C=O) groups is 1. The maximum Gasteiger partial charge on any atom is 0.237 e. The van der Waals surface area contributed by atoms with Gasteiger partial charge < -0.3 is 10.6 Å². The number of rotatable bonds is 2. The molecule has 0 aromatic carbocycles. The van der Waals surface area contributed by atoms with Gasteiger partial charge in [-0.25, -0.2) is 0 Å². The molecule has 0 radical (unpaired) electrons. The minimum atomic E-state index is 0. The predicted molar refractivity (Wildman–Crippen MR) is 81.0 cm³/mol. The first-order valence-corrected chi connectivity index (χ1v) is 7.82. The first kappa shape index (κ1) is 14.8. The van der Waals surface area contributed by atoms with E-state index in [1.165, 1.54) is 36.1 Å². The van der Waals surface area contributed by atoms with Gasteiger partial charge in [0.15, 0.2) is 0 Å². The fourth-order valence-corrected chi connectivity index (χ4v) is 3.97. The molecule has 2 N–H and O–H groups in total. The monoisotopic (exact) mass is 300 g/mol. The van der Waals surface area contributed by atoms with Gasteiger partial charge in [-0.2, -0.15) is 0 Å². The van der Waals surface area contributed by atoms with Crippen molar-refractivity contribution in [2.45, 2.75) is 50.6 Å². The van der Waals surface area contributed by atoms with E-state index < -0.39 is 0 Å². The molecule has 1 saturated heterocycles. The number of nitrogens with one attached hydrogen (secondary N) is 2. The molecular weight excluding hydrogens is 280 g/mol. The minimum absolute atomic E-state index is 0. The van der Waals surface area contributed by atoms with E-state index in [2.05, 4.69) is 22.1 Å². The van der Waals surface area contributed by atoms with E-state index in [1.54, 1.807) is 0 Å². The smallest absolute Gasteiger partial charge is 0.237 e. The first-order chi connectivity index (χ1) is 8.84. The van der Waals surface area contributed by atoms with Crippen molar-refractivity contribution in [1.82, 2.24) is 10.6 Å². The summed E-state index contributed by atoms with van der Waals surface area (Å²) < 4.78 is 0. The summed E-state index contributed by atoms with van der Waals surface area (Å²) in [5.41, 5.74) is 1.36. The van der Waals surface area contributed by atoms with Crippen molar-refractivity contribution >= 4 is 29.7 Å². The summed E-state index contributed by atoms with van der Waals surface area (Å²) in [5, 5.41) is 8.70.